The summed E-state index contributed by atoms with van der Waals surface area (Å²) in [5.74, 6) is -2.18. The average molecular weight is 320 g/mol. The largest absolute Gasteiger partial charge is 0.335 e. The lowest BCUT2D eigenvalue weighted by atomic mass is 10.3. The van der Waals surface area contributed by atoms with Crippen molar-refractivity contribution >= 4 is 22.7 Å². The number of benzene rings is 1. The molecule has 23 heavy (non-hydrogen) atoms. The molecule has 0 bridgehead atoms. The third-order valence-corrected chi connectivity index (χ3v) is 3.15. The molecule has 3 rings (SSSR count). The summed E-state index contributed by atoms with van der Waals surface area (Å²) in [6, 6.07) is 2.68. The van der Waals surface area contributed by atoms with Crippen LogP contribution in [0.4, 0.5) is 14.5 Å². The van der Waals surface area contributed by atoms with E-state index in [0.29, 0.717) is 5.69 Å². The second-order valence-corrected chi connectivity index (χ2v) is 4.80. The molecule has 118 valence electrons. The lowest BCUT2D eigenvalue weighted by Crippen LogP contribution is -2.28. The highest BCUT2D eigenvalue weighted by atomic mass is 19.1. The topological polar surface area (TPSA) is 90.0 Å². The summed E-state index contributed by atoms with van der Waals surface area (Å²) < 4.78 is 32.4. The molecule has 7 nitrogen and oxygen atoms in total. The van der Waals surface area contributed by atoms with Crippen LogP contribution in [-0.2, 0) is 11.3 Å². The van der Waals surface area contributed by atoms with Gasteiger partial charge in [0.05, 0.1) is 11.4 Å². The van der Waals surface area contributed by atoms with Crippen LogP contribution in [0.3, 0.4) is 0 Å². The molecule has 0 unspecified atom stereocenters. The Kier molecular flexibility index (Phi) is 3.61. The van der Waals surface area contributed by atoms with Crippen LogP contribution in [0.25, 0.3) is 11.1 Å². The lowest BCUT2D eigenvalue weighted by molar-refractivity contribution is -0.116. The number of aromatic nitrogens is 3. The van der Waals surface area contributed by atoms with Crippen molar-refractivity contribution < 1.29 is 18.1 Å². The summed E-state index contributed by atoms with van der Waals surface area (Å²) in [6.07, 6.45) is 1.12. The molecule has 0 aliphatic carbocycles. The predicted molar refractivity (Wildman–Crippen MR) is 75.8 cm³/mol. The maximum Gasteiger partial charge on any atom is 0.267 e. The number of aryl methyl sites for hydroxylation is 1. The zero-order valence-electron chi connectivity index (χ0n) is 11.8. The van der Waals surface area contributed by atoms with Crippen molar-refractivity contribution in [2.24, 2.45) is 0 Å². The van der Waals surface area contributed by atoms with Gasteiger partial charge in [-0.15, -0.1) is 0 Å². The van der Waals surface area contributed by atoms with Gasteiger partial charge < -0.3 is 9.84 Å². The second kappa shape index (κ2) is 5.59. The fourth-order valence-electron chi connectivity index (χ4n) is 2.06. The van der Waals surface area contributed by atoms with Crippen LogP contribution < -0.4 is 10.9 Å². The van der Waals surface area contributed by atoms with E-state index in [1.54, 1.807) is 6.92 Å². The zero-order valence-corrected chi connectivity index (χ0v) is 11.8. The molecule has 0 spiro atoms. The Hall–Kier alpha value is -3.10. The molecule has 1 N–H and O–H groups in total. The van der Waals surface area contributed by atoms with Gasteiger partial charge in [0.15, 0.2) is 0 Å². The maximum absolute atomic E-state index is 13.5. The highest BCUT2D eigenvalue weighted by Gasteiger charge is 2.15. The van der Waals surface area contributed by atoms with Crippen molar-refractivity contribution in [1.82, 2.24) is 14.7 Å². The summed E-state index contributed by atoms with van der Waals surface area (Å²) in [6.45, 7) is 1.16. The van der Waals surface area contributed by atoms with E-state index in [4.69, 9.17) is 4.52 Å². The van der Waals surface area contributed by atoms with E-state index in [-0.39, 0.29) is 16.8 Å². The van der Waals surface area contributed by atoms with E-state index >= 15 is 0 Å². The highest BCUT2D eigenvalue weighted by molar-refractivity contribution is 5.90. The number of rotatable bonds is 3. The molecule has 1 amide bonds. The van der Waals surface area contributed by atoms with Gasteiger partial charge in [-0.1, -0.05) is 5.16 Å². The molecule has 3 aromatic rings. The Labute approximate surface area is 127 Å². The molecule has 0 fully saturated rings. The summed E-state index contributed by atoms with van der Waals surface area (Å²) in [5, 5.41) is 5.99. The van der Waals surface area contributed by atoms with E-state index < -0.39 is 29.6 Å². The number of hydrogen-bond donors (Lipinski definition) is 1. The summed E-state index contributed by atoms with van der Waals surface area (Å²) >= 11 is 0. The predicted octanol–water partition coefficient (Wildman–Crippen LogP) is 1.61. The van der Waals surface area contributed by atoms with E-state index in [1.165, 1.54) is 0 Å². The maximum atomic E-state index is 13.5. The van der Waals surface area contributed by atoms with Crippen molar-refractivity contribution in [3.05, 3.63) is 52.2 Å². The molecule has 0 atom stereocenters. The average Bonchev–Trinajstić information content (AvgIpc) is 2.88. The van der Waals surface area contributed by atoms with Crippen LogP contribution in [-0.4, -0.2) is 20.6 Å². The highest BCUT2D eigenvalue weighted by Crippen LogP contribution is 2.15. The summed E-state index contributed by atoms with van der Waals surface area (Å²) in [4.78, 5) is 28.0. The van der Waals surface area contributed by atoms with Crippen LogP contribution in [0.2, 0.25) is 0 Å². The number of fused-ring (bicyclic) bond motifs is 1. The number of carbonyl (C=O) groups is 1. The minimum absolute atomic E-state index is 0.0698. The van der Waals surface area contributed by atoms with Crippen LogP contribution in [0.1, 0.15) is 5.69 Å². The number of nitrogens with zero attached hydrogens (tertiary/aromatic N) is 3. The van der Waals surface area contributed by atoms with Gasteiger partial charge in [-0.25, -0.2) is 13.8 Å². The smallest absolute Gasteiger partial charge is 0.267 e. The number of anilines is 1. The molecule has 9 heteroatoms. The fourth-order valence-corrected chi connectivity index (χ4v) is 2.06. The van der Waals surface area contributed by atoms with Gasteiger partial charge in [0.1, 0.15) is 29.9 Å². The third-order valence-electron chi connectivity index (χ3n) is 3.15. The molecule has 0 saturated heterocycles. The molecular formula is C14H10F2N4O3. The Morgan fingerprint density at radius 3 is 2.96 bits per heavy atom. The number of amides is 1. The van der Waals surface area contributed by atoms with Gasteiger partial charge in [-0.05, 0) is 19.1 Å². The fraction of sp³-hybridized carbons (Fsp3) is 0.143. The molecule has 2 heterocycles. The summed E-state index contributed by atoms with van der Waals surface area (Å²) in [7, 11) is 0. The van der Waals surface area contributed by atoms with Gasteiger partial charge in [0.25, 0.3) is 11.3 Å². The first-order valence-corrected chi connectivity index (χ1v) is 6.52. The standard InChI is InChI=1S/C14H10F2N4O3/c1-7-12-13(23-19-7)17-6-20(14(12)22)5-11(21)18-10-4-8(15)2-3-9(10)16/h2-4,6H,5H2,1H3,(H,18,21). The molecular weight excluding hydrogens is 310 g/mol. The van der Waals surface area contributed by atoms with Gasteiger partial charge in [0.2, 0.25) is 5.91 Å². The Balaban J connectivity index is 1.86. The van der Waals surface area contributed by atoms with Gasteiger partial charge >= 0.3 is 0 Å². The quantitative estimate of drug-likeness (QED) is 0.792. The minimum Gasteiger partial charge on any atom is -0.335 e. The number of hydrogen-bond acceptors (Lipinski definition) is 5. The number of nitrogens with one attached hydrogen (secondary N) is 1. The van der Waals surface area contributed by atoms with E-state index in [1.807, 2.05) is 0 Å². The van der Waals surface area contributed by atoms with E-state index in [0.717, 1.165) is 29.1 Å². The first kappa shape index (κ1) is 14.8. The van der Waals surface area contributed by atoms with Crippen molar-refractivity contribution in [2.45, 2.75) is 13.5 Å². The molecule has 2 aromatic heterocycles. The lowest BCUT2D eigenvalue weighted by Gasteiger charge is -2.08. The Morgan fingerprint density at radius 2 is 2.17 bits per heavy atom. The first-order valence-electron chi connectivity index (χ1n) is 6.52. The second-order valence-electron chi connectivity index (χ2n) is 4.80. The van der Waals surface area contributed by atoms with Crippen molar-refractivity contribution in [2.75, 3.05) is 5.32 Å². The number of carbonyl (C=O) groups excluding carboxylic acids is 1. The number of halogens is 2. The molecule has 0 saturated carbocycles. The van der Waals surface area contributed by atoms with Gasteiger partial charge in [-0.2, -0.15) is 0 Å². The van der Waals surface area contributed by atoms with E-state index in [2.05, 4.69) is 15.5 Å². The minimum atomic E-state index is -0.782. The normalized spacial score (nSPS) is 10.9. The Morgan fingerprint density at radius 1 is 1.39 bits per heavy atom. The van der Waals surface area contributed by atoms with Crippen molar-refractivity contribution in [3.8, 4) is 0 Å². The summed E-state index contributed by atoms with van der Waals surface area (Å²) in [5.41, 5.74) is -0.398. The molecule has 0 aliphatic heterocycles. The van der Waals surface area contributed by atoms with Crippen LogP contribution in [0, 0.1) is 18.6 Å². The monoisotopic (exact) mass is 320 g/mol. The molecule has 1 aromatic carbocycles. The third kappa shape index (κ3) is 2.80. The van der Waals surface area contributed by atoms with Crippen LogP contribution in [0.5, 0.6) is 0 Å². The molecule has 0 aliphatic rings. The van der Waals surface area contributed by atoms with Crippen molar-refractivity contribution in [3.63, 3.8) is 0 Å². The van der Waals surface area contributed by atoms with Crippen molar-refractivity contribution in [1.29, 1.82) is 0 Å². The van der Waals surface area contributed by atoms with Crippen LogP contribution >= 0.6 is 0 Å². The van der Waals surface area contributed by atoms with Crippen LogP contribution in [0.15, 0.2) is 33.8 Å². The zero-order chi connectivity index (χ0) is 16.6. The van der Waals surface area contributed by atoms with E-state index in [9.17, 15) is 18.4 Å². The van der Waals surface area contributed by atoms with Gasteiger partial charge in [-0.3, -0.25) is 14.2 Å². The SMILES string of the molecule is Cc1noc2ncn(CC(=O)Nc3cc(F)ccc3F)c(=O)c12. The van der Waals surface area contributed by atoms with Gasteiger partial charge in [0, 0.05) is 6.07 Å². The Bertz CT molecular complexity index is 964. The molecule has 0 radical (unpaired) electrons. The first-order chi connectivity index (χ1) is 11.0.